The van der Waals surface area contributed by atoms with Crippen molar-refractivity contribution in [3.63, 3.8) is 0 Å². The van der Waals surface area contributed by atoms with Crippen LogP contribution >= 0.6 is 11.6 Å². The van der Waals surface area contributed by atoms with Gasteiger partial charge in [-0.15, -0.1) is 4.91 Å². The van der Waals surface area contributed by atoms with E-state index in [0.29, 0.717) is 35.5 Å². The Labute approximate surface area is 160 Å². The van der Waals surface area contributed by atoms with Gasteiger partial charge in [0, 0.05) is 6.54 Å². The molecule has 1 heterocycles. The maximum absolute atomic E-state index is 11.1. The van der Waals surface area contributed by atoms with Gasteiger partial charge in [0.05, 0.1) is 22.5 Å². The fourth-order valence-corrected chi connectivity index (χ4v) is 3.57. The lowest BCUT2D eigenvalue weighted by molar-refractivity contribution is 0.298. The van der Waals surface area contributed by atoms with Crippen LogP contribution in [0.4, 0.5) is 5.69 Å². The predicted molar refractivity (Wildman–Crippen MR) is 108 cm³/mol. The molecule has 1 N–H and O–H groups in total. The molecule has 4 rings (SSSR count). The first-order valence-electron chi connectivity index (χ1n) is 8.63. The van der Waals surface area contributed by atoms with Gasteiger partial charge in [0.15, 0.2) is 5.69 Å². The van der Waals surface area contributed by atoms with Crippen molar-refractivity contribution in [3.05, 3.63) is 70.6 Å². The van der Waals surface area contributed by atoms with Crippen LogP contribution in [0.1, 0.15) is 6.42 Å². The summed E-state index contributed by atoms with van der Waals surface area (Å²) in [6.07, 6.45) is 0.648. The monoisotopic (exact) mass is 380 g/mol. The van der Waals surface area contributed by atoms with E-state index in [1.807, 2.05) is 36.4 Å². The smallest absolute Gasteiger partial charge is 0.222 e. The molecule has 3 aromatic carbocycles. The molecule has 0 aliphatic heterocycles. The van der Waals surface area contributed by atoms with Gasteiger partial charge in [0.2, 0.25) is 5.88 Å². The topological polar surface area (TPSA) is 63.8 Å². The lowest BCUT2D eigenvalue weighted by atomic mass is 10.1. The third kappa shape index (κ3) is 3.22. The molecule has 0 radical (unpaired) electrons. The zero-order valence-electron chi connectivity index (χ0n) is 14.4. The van der Waals surface area contributed by atoms with Gasteiger partial charge in [0.25, 0.3) is 0 Å². The van der Waals surface area contributed by atoms with E-state index in [0.717, 1.165) is 11.1 Å². The first kappa shape index (κ1) is 17.4. The van der Waals surface area contributed by atoms with E-state index in [4.69, 9.17) is 16.3 Å². The van der Waals surface area contributed by atoms with Crippen LogP contribution in [0.5, 0.6) is 11.6 Å². The number of hydrogen-bond donors (Lipinski definition) is 1. The van der Waals surface area contributed by atoms with Crippen LogP contribution in [-0.4, -0.2) is 16.3 Å². The first-order chi connectivity index (χ1) is 13.2. The Morgan fingerprint density at radius 1 is 1.04 bits per heavy atom. The Kier molecular flexibility index (Phi) is 4.69. The number of nitroso groups, excluding NO2 is 1. The Morgan fingerprint density at radius 2 is 1.85 bits per heavy atom. The molecule has 136 valence electrons. The third-order valence-corrected chi connectivity index (χ3v) is 4.91. The van der Waals surface area contributed by atoms with Crippen LogP contribution in [0.3, 0.4) is 0 Å². The molecule has 0 spiro atoms. The van der Waals surface area contributed by atoms with Crippen molar-refractivity contribution in [2.24, 2.45) is 5.18 Å². The molecule has 0 aliphatic rings. The number of hydrogen-bond acceptors (Lipinski definition) is 4. The molecule has 0 saturated heterocycles. The van der Waals surface area contributed by atoms with E-state index in [-0.39, 0.29) is 11.6 Å². The van der Waals surface area contributed by atoms with Crippen molar-refractivity contribution in [2.75, 3.05) is 6.61 Å². The number of halogens is 1. The van der Waals surface area contributed by atoms with Gasteiger partial charge >= 0.3 is 0 Å². The van der Waals surface area contributed by atoms with Crippen LogP contribution < -0.4 is 4.74 Å². The Bertz CT molecular complexity index is 1140. The highest BCUT2D eigenvalue weighted by Gasteiger charge is 2.19. The molecule has 5 nitrogen and oxygen atoms in total. The number of rotatable bonds is 6. The van der Waals surface area contributed by atoms with E-state index in [9.17, 15) is 10.0 Å². The molecule has 0 aliphatic carbocycles. The Morgan fingerprint density at radius 3 is 2.67 bits per heavy atom. The minimum atomic E-state index is -0.168. The SMILES string of the molecule is O=Nc1c(O)n(CCCOc2ccc3ccccc3c2)c2cccc(Cl)c12. The van der Waals surface area contributed by atoms with Crippen molar-refractivity contribution in [1.82, 2.24) is 4.57 Å². The summed E-state index contributed by atoms with van der Waals surface area (Å²) in [5.41, 5.74) is 0.659. The summed E-state index contributed by atoms with van der Waals surface area (Å²) in [6.45, 7) is 0.952. The van der Waals surface area contributed by atoms with Gasteiger partial charge in [0.1, 0.15) is 5.75 Å². The zero-order valence-corrected chi connectivity index (χ0v) is 15.2. The molecule has 0 fully saturated rings. The van der Waals surface area contributed by atoms with E-state index in [1.54, 1.807) is 22.8 Å². The Hall–Kier alpha value is -3.05. The summed E-state index contributed by atoms with van der Waals surface area (Å²) in [4.78, 5) is 11.1. The fraction of sp³-hybridized carbons (Fsp3) is 0.143. The number of aryl methyl sites for hydroxylation is 1. The molecule has 1 aromatic heterocycles. The molecule has 0 unspecified atom stereocenters. The van der Waals surface area contributed by atoms with Gasteiger partial charge in [-0.3, -0.25) is 0 Å². The predicted octanol–water partition coefficient (Wildman–Crippen LogP) is 6.02. The second-order valence-electron chi connectivity index (χ2n) is 6.26. The van der Waals surface area contributed by atoms with Crippen molar-refractivity contribution in [2.45, 2.75) is 13.0 Å². The quantitative estimate of drug-likeness (QED) is 0.328. The third-order valence-electron chi connectivity index (χ3n) is 4.59. The molecular weight excluding hydrogens is 364 g/mol. The standard InChI is InChI=1S/C21H17ClN2O3/c22-17-7-3-8-18-19(17)20(23-26)21(25)24(18)11-4-12-27-16-10-9-14-5-1-2-6-15(14)13-16/h1-3,5-10,13,25H,4,11-12H2. The van der Waals surface area contributed by atoms with Gasteiger partial charge in [-0.25, -0.2) is 0 Å². The van der Waals surface area contributed by atoms with Crippen molar-refractivity contribution < 1.29 is 9.84 Å². The molecule has 0 amide bonds. The zero-order chi connectivity index (χ0) is 18.8. The number of ether oxygens (including phenoxy) is 1. The highest BCUT2D eigenvalue weighted by Crippen LogP contribution is 2.42. The number of benzene rings is 3. The molecular formula is C21H17ClN2O3. The fourth-order valence-electron chi connectivity index (χ4n) is 3.31. The largest absolute Gasteiger partial charge is 0.494 e. The summed E-state index contributed by atoms with van der Waals surface area (Å²) < 4.78 is 7.48. The number of aromatic hydroxyl groups is 1. The normalized spacial score (nSPS) is 11.1. The molecule has 0 saturated carbocycles. The molecule has 0 bridgehead atoms. The van der Waals surface area contributed by atoms with E-state index in [2.05, 4.69) is 11.2 Å². The average Bonchev–Trinajstić information content (AvgIpc) is 2.97. The van der Waals surface area contributed by atoms with E-state index < -0.39 is 0 Å². The van der Waals surface area contributed by atoms with Gasteiger partial charge < -0.3 is 14.4 Å². The van der Waals surface area contributed by atoms with Crippen LogP contribution in [-0.2, 0) is 6.54 Å². The van der Waals surface area contributed by atoms with Crippen molar-refractivity contribution >= 4 is 39.0 Å². The van der Waals surface area contributed by atoms with Gasteiger partial charge in [-0.1, -0.05) is 48.0 Å². The molecule has 0 atom stereocenters. The second kappa shape index (κ2) is 7.29. The lowest BCUT2D eigenvalue weighted by Crippen LogP contribution is -2.04. The summed E-state index contributed by atoms with van der Waals surface area (Å²) in [5.74, 6) is 0.632. The van der Waals surface area contributed by atoms with Crippen molar-refractivity contribution in [1.29, 1.82) is 0 Å². The summed E-state index contributed by atoms with van der Waals surface area (Å²) in [5, 5.41) is 16.4. The lowest BCUT2D eigenvalue weighted by Gasteiger charge is -2.09. The summed E-state index contributed by atoms with van der Waals surface area (Å²) >= 11 is 6.17. The first-order valence-corrected chi connectivity index (χ1v) is 9.01. The summed E-state index contributed by atoms with van der Waals surface area (Å²) in [6, 6.07) is 19.3. The van der Waals surface area contributed by atoms with E-state index in [1.165, 1.54) is 5.39 Å². The Balaban J connectivity index is 1.48. The maximum Gasteiger partial charge on any atom is 0.222 e. The number of aromatic nitrogens is 1. The number of nitrogens with zero attached hydrogens (tertiary/aromatic N) is 2. The minimum absolute atomic E-state index is 0.0222. The average molecular weight is 381 g/mol. The van der Waals surface area contributed by atoms with E-state index >= 15 is 0 Å². The van der Waals surface area contributed by atoms with Crippen molar-refractivity contribution in [3.8, 4) is 11.6 Å². The summed E-state index contributed by atoms with van der Waals surface area (Å²) in [7, 11) is 0. The van der Waals surface area contributed by atoms with Crippen LogP contribution in [0, 0.1) is 4.91 Å². The second-order valence-corrected chi connectivity index (χ2v) is 6.67. The van der Waals surface area contributed by atoms with Gasteiger partial charge in [-0.2, -0.15) is 0 Å². The molecule has 27 heavy (non-hydrogen) atoms. The molecule has 6 heteroatoms. The molecule has 4 aromatic rings. The van der Waals surface area contributed by atoms with Crippen LogP contribution in [0.2, 0.25) is 5.02 Å². The van der Waals surface area contributed by atoms with Crippen LogP contribution in [0.25, 0.3) is 21.7 Å². The minimum Gasteiger partial charge on any atom is -0.494 e. The van der Waals surface area contributed by atoms with Gasteiger partial charge in [-0.05, 0) is 46.6 Å². The highest BCUT2D eigenvalue weighted by molar-refractivity contribution is 6.36. The number of fused-ring (bicyclic) bond motifs is 2. The highest BCUT2D eigenvalue weighted by atomic mass is 35.5. The maximum atomic E-state index is 11.1. The van der Waals surface area contributed by atoms with Crippen LogP contribution in [0.15, 0.2) is 65.8 Å².